The Bertz CT molecular complexity index is 816. The van der Waals surface area contributed by atoms with Gasteiger partial charge in [-0.05, 0) is 88.6 Å². The van der Waals surface area contributed by atoms with Crippen molar-refractivity contribution < 1.29 is 4.79 Å². The van der Waals surface area contributed by atoms with E-state index in [0.29, 0.717) is 17.8 Å². The van der Waals surface area contributed by atoms with Crippen molar-refractivity contribution in [2.75, 3.05) is 10.6 Å². The normalized spacial score (nSPS) is 15.4. The Labute approximate surface area is 194 Å². The van der Waals surface area contributed by atoms with Gasteiger partial charge < -0.3 is 16.0 Å². The number of anilines is 2. The molecule has 2 aromatic rings. The van der Waals surface area contributed by atoms with Crippen LogP contribution in [0, 0.1) is 9.49 Å². The van der Waals surface area contributed by atoms with Crippen LogP contribution in [0.15, 0.2) is 42.5 Å². The van der Waals surface area contributed by atoms with Crippen molar-refractivity contribution in [2.24, 2.45) is 5.92 Å². The highest BCUT2D eigenvalue weighted by Gasteiger charge is 2.27. The summed E-state index contributed by atoms with van der Waals surface area (Å²) in [7, 11) is 0. The predicted molar refractivity (Wildman–Crippen MR) is 135 cm³/mol. The quantitative estimate of drug-likeness (QED) is 0.266. The van der Waals surface area contributed by atoms with Gasteiger partial charge in [0.05, 0.1) is 0 Å². The molecule has 30 heavy (non-hydrogen) atoms. The Kier molecular flexibility index (Phi) is 8.03. The molecule has 0 aliphatic heterocycles. The fourth-order valence-electron chi connectivity index (χ4n) is 4.27. The molecule has 5 heteroatoms. The van der Waals surface area contributed by atoms with Gasteiger partial charge in [-0.2, -0.15) is 0 Å². The van der Waals surface area contributed by atoms with Crippen LogP contribution in [0.2, 0.25) is 0 Å². The molecule has 162 valence electrons. The molecule has 0 heterocycles. The summed E-state index contributed by atoms with van der Waals surface area (Å²) in [6, 6.07) is 14.5. The van der Waals surface area contributed by atoms with Crippen LogP contribution in [-0.2, 0) is 0 Å². The molecule has 0 aromatic heterocycles. The van der Waals surface area contributed by atoms with Crippen LogP contribution in [-0.4, -0.2) is 12.2 Å². The third kappa shape index (κ3) is 5.90. The Morgan fingerprint density at radius 3 is 2.03 bits per heavy atom. The van der Waals surface area contributed by atoms with Gasteiger partial charge in [0.1, 0.15) is 6.17 Å². The van der Waals surface area contributed by atoms with Crippen molar-refractivity contribution in [3.63, 3.8) is 0 Å². The van der Waals surface area contributed by atoms with Crippen LogP contribution in [0.1, 0.15) is 76.3 Å². The summed E-state index contributed by atoms with van der Waals surface area (Å²) in [5.41, 5.74) is 4.36. The van der Waals surface area contributed by atoms with Gasteiger partial charge in [0.2, 0.25) is 0 Å². The number of urea groups is 1. The topological polar surface area (TPSA) is 53.2 Å². The second kappa shape index (κ2) is 10.5. The van der Waals surface area contributed by atoms with E-state index in [4.69, 9.17) is 0 Å². The molecular weight excluding hydrogens is 485 g/mol. The number of hydrogen-bond acceptors (Lipinski definition) is 2. The molecule has 3 N–H and O–H groups in total. The molecule has 2 amide bonds. The lowest BCUT2D eigenvalue weighted by Gasteiger charge is -2.28. The fourth-order valence-corrected chi connectivity index (χ4v) is 4.63. The van der Waals surface area contributed by atoms with Crippen molar-refractivity contribution in [2.45, 2.75) is 71.4 Å². The van der Waals surface area contributed by atoms with Crippen molar-refractivity contribution in [3.05, 3.63) is 57.2 Å². The number of rotatable bonds is 7. The van der Waals surface area contributed by atoms with E-state index in [1.807, 2.05) is 0 Å². The monoisotopic (exact) mass is 519 g/mol. The van der Waals surface area contributed by atoms with Gasteiger partial charge in [-0.3, -0.25) is 0 Å². The molecule has 1 unspecified atom stereocenters. The molecule has 4 nitrogen and oxygen atoms in total. The van der Waals surface area contributed by atoms with Gasteiger partial charge in [0.15, 0.2) is 0 Å². The minimum absolute atomic E-state index is 0.0822. The maximum atomic E-state index is 13.1. The Morgan fingerprint density at radius 1 is 0.933 bits per heavy atom. The van der Waals surface area contributed by atoms with E-state index in [-0.39, 0.29) is 12.2 Å². The molecule has 1 atom stereocenters. The summed E-state index contributed by atoms with van der Waals surface area (Å²) in [6.07, 6.45) is 4.66. The third-order valence-electron chi connectivity index (χ3n) is 5.94. The van der Waals surface area contributed by atoms with Gasteiger partial charge >= 0.3 is 6.03 Å². The summed E-state index contributed by atoms with van der Waals surface area (Å²) < 4.78 is 1.20. The minimum atomic E-state index is -0.139. The number of carbonyl (C=O) groups is 1. The highest BCUT2D eigenvalue weighted by atomic mass is 127. The van der Waals surface area contributed by atoms with Gasteiger partial charge in [-0.1, -0.05) is 58.7 Å². The first kappa shape index (κ1) is 22.9. The lowest BCUT2D eigenvalue weighted by molar-refractivity contribution is 0.245. The number of hydrogen-bond donors (Lipinski definition) is 3. The number of amides is 2. The van der Waals surface area contributed by atoms with Crippen molar-refractivity contribution >= 4 is 40.0 Å². The summed E-state index contributed by atoms with van der Waals surface area (Å²) in [4.78, 5) is 13.1. The van der Waals surface area contributed by atoms with Crippen LogP contribution in [0.3, 0.4) is 0 Å². The smallest absolute Gasteiger partial charge is 0.320 e. The number of benzene rings is 2. The standard InChI is InChI=1S/C25H34IN3O/c1-16(2)21-10-7-11-22(17(3)4)23(21)28-25(30)29-24(18-8-5-6-9-18)27-20-14-12-19(26)13-15-20/h7,10-18,24,27H,5-6,8-9H2,1-4H3,(H2,28,29,30). The average molecular weight is 519 g/mol. The molecule has 3 rings (SSSR count). The van der Waals surface area contributed by atoms with E-state index in [1.165, 1.54) is 27.5 Å². The number of carbonyl (C=O) groups excluding carboxylic acids is 1. The van der Waals surface area contributed by atoms with Gasteiger partial charge in [0.25, 0.3) is 0 Å². The Morgan fingerprint density at radius 2 is 1.50 bits per heavy atom. The minimum Gasteiger partial charge on any atom is -0.365 e. The first-order valence-electron chi connectivity index (χ1n) is 11.1. The number of halogens is 1. The van der Waals surface area contributed by atoms with Crippen molar-refractivity contribution in [1.29, 1.82) is 0 Å². The molecule has 0 saturated heterocycles. The van der Waals surface area contributed by atoms with E-state index in [9.17, 15) is 4.79 Å². The van der Waals surface area contributed by atoms with Crippen LogP contribution < -0.4 is 16.0 Å². The molecular formula is C25H34IN3O. The summed E-state index contributed by atoms with van der Waals surface area (Å²) in [5, 5.41) is 10.0. The highest BCUT2D eigenvalue weighted by Crippen LogP contribution is 2.33. The second-order valence-corrected chi connectivity index (χ2v) is 10.1. The second-order valence-electron chi connectivity index (χ2n) is 8.89. The highest BCUT2D eigenvalue weighted by molar-refractivity contribution is 14.1. The van der Waals surface area contributed by atoms with Crippen molar-refractivity contribution in [3.8, 4) is 0 Å². The molecule has 1 fully saturated rings. The summed E-state index contributed by atoms with van der Waals surface area (Å²) in [6.45, 7) is 8.68. The summed E-state index contributed by atoms with van der Waals surface area (Å²) in [5.74, 6) is 1.13. The van der Waals surface area contributed by atoms with Crippen LogP contribution in [0.25, 0.3) is 0 Å². The molecule has 1 aliphatic carbocycles. The maximum Gasteiger partial charge on any atom is 0.320 e. The largest absolute Gasteiger partial charge is 0.365 e. The maximum absolute atomic E-state index is 13.1. The zero-order valence-electron chi connectivity index (χ0n) is 18.5. The lowest BCUT2D eigenvalue weighted by Crippen LogP contribution is -2.47. The average Bonchev–Trinajstić information content (AvgIpc) is 3.23. The Balaban J connectivity index is 1.78. The number of nitrogens with one attached hydrogen (secondary N) is 3. The molecule has 2 aromatic carbocycles. The zero-order valence-corrected chi connectivity index (χ0v) is 20.6. The molecule has 0 radical (unpaired) electrons. The van der Waals surface area contributed by atoms with Gasteiger partial charge in [-0.15, -0.1) is 0 Å². The van der Waals surface area contributed by atoms with Gasteiger partial charge in [-0.25, -0.2) is 4.79 Å². The molecule has 0 spiro atoms. The molecule has 1 saturated carbocycles. The van der Waals surface area contributed by atoms with E-state index >= 15 is 0 Å². The predicted octanol–water partition coefficient (Wildman–Crippen LogP) is 7.29. The zero-order chi connectivity index (χ0) is 21.7. The fraction of sp³-hybridized carbons (Fsp3) is 0.480. The molecule has 0 bridgehead atoms. The first-order chi connectivity index (χ1) is 14.3. The molecule has 1 aliphatic rings. The SMILES string of the molecule is CC(C)c1cccc(C(C)C)c1NC(=O)NC(Nc1ccc(I)cc1)C1CCCC1. The van der Waals surface area contributed by atoms with E-state index in [0.717, 1.165) is 24.2 Å². The van der Waals surface area contributed by atoms with Crippen LogP contribution in [0.4, 0.5) is 16.2 Å². The van der Waals surface area contributed by atoms with Crippen LogP contribution >= 0.6 is 22.6 Å². The first-order valence-corrected chi connectivity index (χ1v) is 12.2. The van der Waals surface area contributed by atoms with E-state index in [2.05, 4.69) is 109 Å². The Hall–Kier alpha value is -1.76. The third-order valence-corrected chi connectivity index (χ3v) is 6.65. The van der Waals surface area contributed by atoms with E-state index < -0.39 is 0 Å². The van der Waals surface area contributed by atoms with Crippen LogP contribution in [0.5, 0.6) is 0 Å². The summed E-state index contributed by atoms with van der Waals surface area (Å²) >= 11 is 2.31. The van der Waals surface area contributed by atoms with Gasteiger partial charge in [0, 0.05) is 14.9 Å². The lowest BCUT2D eigenvalue weighted by atomic mass is 9.93. The van der Waals surface area contributed by atoms with Crippen molar-refractivity contribution in [1.82, 2.24) is 5.32 Å². The number of para-hydroxylation sites is 1. The van der Waals surface area contributed by atoms with E-state index in [1.54, 1.807) is 0 Å².